The third kappa shape index (κ3) is 3.87. The number of halogens is 3. The van der Waals surface area contributed by atoms with Crippen molar-refractivity contribution in [3.8, 4) is 0 Å². The van der Waals surface area contributed by atoms with Gasteiger partial charge in [-0.05, 0) is 30.5 Å². The van der Waals surface area contributed by atoms with Crippen molar-refractivity contribution in [1.82, 2.24) is 4.90 Å². The van der Waals surface area contributed by atoms with Crippen LogP contribution < -0.4 is 0 Å². The molecule has 0 bridgehead atoms. The first-order chi connectivity index (χ1) is 10.9. The molecule has 1 aliphatic heterocycles. The molecule has 3 nitrogen and oxygen atoms in total. The second-order valence-electron chi connectivity index (χ2n) is 6.39. The molecule has 1 saturated carbocycles. The molecule has 128 valence electrons. The van der Waals surface area contributed by atoms with Gasteiger partial charge in [0.15, 0.2) is 0 Å². The zero-order valence-electron chi connectivity index (χ0n) is 12.9. The van der Waals surface area contributed by atoms with Crippen LogP contribution in [0.1, 0.15) is 42.9 Å². The summed E-state index contributed by atoms with van der Waals surface area (Å²) in [6.07, 6.45) is -0.436. The molecular weight excluding hydrogens is 307 g/mol. The molecule has 6 heteroatoms. The molecule has 0 aromatic heterocycles. The van der Waals surface area contributed by atoms with Crippen LogP contribution in [0.5, 0.6) is 0 Å². The highest BCUT2D eigenvalue weighted by Gasteiger charge is 2.35. The van der Waals surface area contributed by atoms with Gasteiger partial charge in [-0.15, -0.1) is 0 Å². The van der Waals surface area contributed by atoms with E-state index < -0.39 is 17.8 Å². The Morgan fingerprint density at radius 1 is 1.17 bits per heavy atom. The minimum atomic E-state index is -4.34. The van der Waals surface area contributed by atoms with Crippen molar-refractivity contribution in [2.45, 2.75) is 50.1 Å². The molecule has 0 amide bonds. The van der Waals surface area contributed by atoms with Crippen LogP contribution in [0.25, 0.3) is 0 Å². The van der Waals surface area contributed by atoms with E-state index in [4.69, 9.17) is 4.74 Å². The van der Waals surface area contributed by atoms with Gasteiger partial charge in [0.25, 0.3) is 0 Å². The van der Waals surface area contributed by atoms with E-state index >= 15 is 0 Å². The number of alkyl halides is 3. The number of rotatable bonds is 3. The average Bonchev–Trinajstić information content (AvgIpc) is 2.54. The fraction of sp³-hybridized carbons (Fsp3) is 0.647. The molecule has 0 radical (unpaired) electrons. The maximum atomic E-state index is 12.6. The second kappa shape index (κ2) is 6.79. The predicted molar refractivity (Wildman–Crippen MR) is 80.0 cm³/mol. The van der Waals surface area contributed by atoms with Crippen LogP contribution in [0.2, 0.25) is 0 Å². The number of aliphatic hydroxyl groups excluding tert-OH is 1. The standard InChI is InChI=1S/C17H22F3NO2/c18-17(19,20)13-7-5-12(6-8-13)15(22)11-21-9-10-23-16-4-2-1-3-14(16)21/h5-8,14-16,22H,1-4,9-11H2/t14-,15+,16-/m0/s1. The lowest BCUT2D eigenvalue weighted by Crippen LogP contribution is -2.53. The molecule has 3 rings (SSSR count). The largest absolute Gasteiger partial charge is 0.416 e. The Bertz CT molecular complexity index is 516. The van der Waals surface area contributed by atoms with Crippen LogP contribution in [0.4, 0.5) is 13.2 Å². The summed E-state index contributed by atoms with van der Waals surface area (Å²) in [6.45, 7) is 1.86. The SMILES string of the molecule is O[C@H](CN1CCO[C@H]2CCCC[C@@H]21)c1ccc(C(F)(F)F)cc1. The lowest BCUT2D eigenvalue weighted by atomic mass is 9.89. The third-order valence-corrected chi connectivity index (χ3v) is 4.88. The Morgan fingerprint density at radius 2 is 1.87 bits per heavy atom. The van der Waals surface area contributed by atoms with Crippen molar-refractivity contribution < 1.29 is 23.0 Å². The molecule has 1 aromatic rings. The first-order valence-corrected chi connectivity index (χ1v) is 8.16. The maximum Gasteiger partial charge on any atom is 0.416 e. The summed E-state index contributed by atoms with van der Waals surface area (Å²) < 4.78 is 43.6. The minimum Gasteiger partial charge on any atom is -0.387 e. The number of β-amino-alcohol motifs (C(OH)–C–C–N with tert-alkyl or cyclic N) is 1. The van der Waals surface area contributed by atoms with Crippen LogP contribution in [0.15, 0.2) is 24.3 Å². The normalized spacial score (nSPS) is 27.5. The molecule has 1 aliphatic carbocycles. The number of ether oxygens (including phenoxy) is 1. The summed E-state index contributed by atoms with van der Waals surface area (Å²) in [5, 5.41) is 10.4. The molecule has 1 aromatic carbocycles. The summed E-state index contributed by atoms with van der Waals surface area (Å²) in [7, 11) is 0. The van der Waals surface area contributed by atoms with Crippen molar-refractivity contribution in [2.75, 3.05) is 19.7 Å². The maximum absolute atomic E-state index is 12.6. The van der Waals surface area contributed by atoms with E-state index in [2.05, 4.69) is 4.90 Å². The highest BCUT2D eigenvalue weighted by Crippen LogP contribution is 2.32. The summed E-state index contributed by atoms with van der Waals surface area (Å²) >= 11 is 0. The Balaban J connectivity index is 1.65. The van der Waals surface area contributed by atoms with Crippen LogP contribution in [0.3, 0.4) is 0 Å². The van der Waals surface area contributed by atoms with E-state index in [1.165, 1.54) is 18.6 Å². The molecule has 1 heterocycles. The number of hydrogen-bond acceptors (Lipinski definition) is 3. The molecule has 1 saturated heterocycles. The topological polar surface area (TPSA) is 32.7 Å². The summed E-state index contributed by atoms with van der Waals surface area (Å²) in [5.74, 6) is 0. The van der Waals surface area contributed by atoms with E-state index in [1.54, 1.807) is 0 Å². The van der Waals surface area contributed by atoms with Crippen molar-refractivity contribution >= 4 is 0 Å². The lowest BCUT2D eigenvalue weighted by Gasteiger charge is -2.44. The molecule has 3 atom stereocenters. The highest BCUT2D eigenvalue weighted by molar-refractivity contribution is 5.26. The summed E-state index contributed by atoms with van der Waals surface area (Å²) in [4.78, 5) is 2.23. The quantitative estimate of drug-likeness (QED) is 0.923. The van der Waals surface area contributed by atoms with E-state index in [9.17, 15) is 18.3 Å². The third-order valence-electron chi connectivity index (χ3n) is 4.88. The number of hydrogen-bond donors (Lipinski definition) is 1. The van der Waals surface area contributed by atoms with Gasteiger partial charge in [0.1, 0.15) is 0 Å². The zero-order chi connectivity index (χ0) is 16.4. The molecule has 0 unspecified atom stereocenters. The lowest BCUT2D eigenvalue weighted by molar-refractivity contribution is -0.137. The molecule has 2 aliphatic rings. The Labute approximate surface area is 134 Å². The Kier molecular flexibility index (Phi) is 4.94. The molecular formula is C17H22F3NO2. The Hall–Kier alpha value is -1.11. The van der Waals surface area contributed by atoms with Crippen molar-refractivity contribution in [3.05, 3.63) is 35.4 Å². The van der Waals surface area contributed by atoms with Gasteiger partial charge in [-0.3, -0.25) is 4.90 Å². The predicted octanol–water partition coefficient (Wildman–Crippen LogP) is 3.38. The van der Waals surface area contributed by atoms with Gasteiger partial charge in [0.05, 0.1) is 24.4 Å². The van der Waals surface area contributed by atoms with Gasteiger partial charge in [-0.2, -0.15) is 13.2 Å². The van der Waals surface area contributed by atoms with Gasteiger partial charge in [0.2, 0.25) is 0 Å². The molecule has 0 spiro atoms. The van der Waals surface area contributed by atoms with Gasteiger partial charge in [-0.25, -0.2) is 0 Å². The van der Waals surface area contributed by atoms with Gasteiger partial charge in [-0.1, -0.05) is 25.0 Å². The summed E-state index contributed by atoms with van der Waals surface area (Å²) in [6, 6.07) is 5.11. The fourth-order valence-electron chi connectivity index (χ4n) is 3.63. The number of morpholine rings is 1. The summed E-state index contributed by atoms with van der Waals surface area (Å²) in [5.41, 5.74) is -0.163. The van der Waals surface area contributed by atoms with Crippen LogP contribution in [-0.4, -0.2) is 41.8 Å². The minimum absolute atomic E-state index is 0.234. The van der Waals surface area contributed by atoms with E-state index in [-0.39, 0.29) is 6.10 Å². The number of aliphatic hydroxyl groups is 1. The second-order valence-corrected chi connectivity index (χ2v) is 6.39. The van der Waals surface area contributed by atoms with Crippen molar-refractivity contribution in [3.63, 3.8) is 0 Å². The highest BCUT2D eigenvalue weighted by atomic mass is 19.4. The van der Waals surface area contributed by atoms with Gasteiger partial charge < -0.3 is 9.84 Å². The van der Waals surface area contributed by atoms with E-state index in [1.807, 2.05) is 0 Å². The monoisotopic (exact) mass is 329 g/mol. The van der Waals surface area contributed by atoms with Crippen LogP contribution in [0, 0.1) is 0 Å². The first-order valence-electron chi connectivity index (χ1n) is 8.16. The van der Waals surface area contributed by atoms with E-state index in [0.717, 1.165) is 37.9 Å². The van der Waals surface area contributed by atoms with Gasteiger partial charge in [0, 0.05) is 19.1 Å². The Morgan fingerprint density at radius 3 is 2.57 bits per heavy atom. The number of nitrogens with zero attached hydrogens (tertiary/aromatic N) is 1. The number of fused-ring (bicyclic) bond motifs is 1. The smallest absolute Gasteiger partial charge is 0.387 e. The van der Waals surface area contributed by atoms with E-state index in [0.29, 0.717) is 24.8 Å². The zero-order valence-corrected chi connectivity index (χ0v) is 12.9. The average molecular weight is 329 g/mol. The molecule has 1 N–H and O–H groups in total. The molecule has 23 heavy (non-hydrogen) atoms. The van der Waals surface area contributed by atoms with Crippen LogP contribution in [-0.2, 0) is 10.9 Å². The first kappa shape index (κ1) is 16.7. The van der Waals surface area contributed by atoms with Crippen molar-refractivity contribution in [1.29, 1.82) is 0 Å². The number of benzene rings is 1. The molecule has 2 fully saturated rings. The van der Waals surface area contributed by atoms with Crippen LogP contribution >= 0.6 is 0 Å². The van der Waals surface area contributed by atoms with Crippen molar-refractivity contribution in [2.24, 2.45) is 0 Å². The fourth-order valence-corrected chi connectivity index (χ4v) is 3.63. The van der Waals surface area contributed by atoms with Gasteiger partial charge >= 0.3 is 6.18 Å².